The van der Waals surface area contributed by atoms with Crippen LogP contribution in [-0.4, -0.2) is 78.9 Å². The minimum atomic E-state index is -2.25. The molecule has 12 heteroatoms. The minimum Gasteiger partial charge on any atom is -0.481 e. The average Bonchev–Trinajstić information content (AvgIpc) is 3.20. The number of hydrogen-bond acceptors (Lipinski definition) is 7. The number of rotatable bonds is 14. The Morgan fingerprint density at radius 1 is 0.844 bits per heavy atom. The van der Waals surface area contributed by atoms with Gasteiger partial charge in [-0.2, -0.15) is 0 Å². The number of aliphatic carboxylic acids is 1. The van der Waals surface area contributed by atoms with E-state index in [2.05, 4.69) is 63.6 Å². The molecular weight excluding hydrogens is 594 g/mol. The normalized spacial score (nSPS) is 15.0. The first kappa shape index (κ1) is 37.2. The molecule has 11 nitrogen and oxygen atoms in total. The molecule has 3 atom stereocenters. The van der Waals surface area contributed by atoms with E-state index in [4.69, 9.17) is 4.74 Å². The van der Waals surface area contributed by atoms with Crippen LogP contribution >= 0.6 is 0 Å². The van der Waals surface area contributed by atoms with Crippen molar-refractivity contribution in [1.82, 2.24) is 15.5 Å². The zero-order valence-electron chi connectivity index (χ0n) is 27.7. The van der Waals surface area contributed by atoms with Crippen LogP contribution in [0.4, 0.5) is 0 Å². The summed E-state index contributed by atoms with van der Waals surface area (Å²) in [7, 11) is -1.08. The van der Waals surface area contributed by atoms with Crippen molar-refractivity contribution in [3.8, 4) is 11.5 Å². The van der Waals surface area contributed by atoms with Crippen LogP contribution < -0.4 is 10.6 Å². The Hall–Kier alpha value is -3.98. The number of carboxylic acids is 1. The summed E-state index contributed by atoms with van der Waals surface area (Å²) in [6.45, 7) is 16.5. The third kappa shape index (κ3) is 8.60. The van der Waals surface area contributed by atoms with Gasteiger partial charge in [0.05, 0.1) is 24.7 Å². The van der Waals surface area contributed by atoms with E-state index in [-0.39, 0.29) is 46.5 Å². The van der Waals surface area contributed by atoms with Gasteiger partial charge in [0, 0.05) is 6.42 Å². The molecule has 0 saturated carbocycles. The van der Waals surface area contributed by atoms with Gasteiger partial charge in [-0.15, -0.1) is 11.5 Å². The van der Waals surface area contributed by atoms with Gasteiger partial charge in [-0.25, -0.2) is 4.79 Å². The number of carboxylic acid groups (broad SMARTS) is 1. The third-order valence-electron chi connectivity index (χ3n) is 8.43. The number of imide groups is 1. The maximum atomic E-state index is 13.9. The lowest BCUT2D eigenvalue weighted by Crippen LogP contribution is -2.57. The monoisotopic (exact) mass is 641 g/mol. The van der Waals surface area contributed by atoms with Gasteiger partial charge in [-0.1, -0.05) is 67.5 Å². The fourth-order valence-electron chi connectivity index (χ4n) is 6.28. The number of ether oxygens (including phenoxy) is 1. The van der Waals surface area contributed by atoms with Crippen molar-refractivity contribution >= 4 is 43.6 Å². The van der Waals surface area contributed by atoms with Crippen LogP contribution in [0.25, 0.3) is 0 Å². The highest BCUT2D eigenvalue weighted by atomic mass is 28.3. The van der Waals surface area contributed by atoms with Crippen molar-refractivity contribution in [2.24, 2.45) is 5.92 Å². The van der Waals surface area contributed by atoms with Gasteiger partial charge in [0.25, 0.3) is 11.8 Å². The number of carbonyl (C=O) groups excluding carboxylic acids is 5. The molecule has 0 saturated heterocycles. The Labute approximate surface area is 266 Å². The third-order valence-corrected chi connectivity index (χ3v) is 14.8. The van der Waals surface area contributed by atoms with E-state index in [1.54, 1.807) is 12.1 Å². The number of fused-ring (bicyclic) bond motifs is 1. The Morgan fingerprint density at radius 2 is 1.33 bits per heavy atom. The van der Waals surface area contributed by atoms with Crippen molar-refractivity contribution in [3.05, 3.63) is 35.4 Å². The molecule has 4 amide bonds. The molecular formula is C33H47N3O8Si. The number of hydrogen-bond donors (Lipinski definition) is 3. The number of esters is 1. The van der Waals surface area contributed by atoms with Gasteiger partial charge < -0.3 is 20.5 Å². The Kier molecular flexibility index (Phi) is 13.1. The second-order valence-corrected chi connectivity index (χ2v) is 18.4. The zero-order chi connectivity index (χ0) is 34.2. The number of methoxy groups -OCH3 is 1. The summed E-state index contributed by atoms with van der Waals surface area (Å²) in [6, 6.07) is 2.07. The van der Waals surface area contributed by atoms with Crippen LogP contribution in [0.15, 0.2) is 24.3 Å². The molecule has 0 radical (unpaired) electrons. The van der Waals surface area contributed by atoms with Crippen molar-refractivity contribution in [2.45, 2.75) is 109 Å². The molecule has 0 aromatic heterocycles. The molecule has 0 unspecified atom stereocenters. The minimum absolute atomic E-state index is 0.0168. The lowest BCUT2D eigenvalue weighted by Gasteiger charge is -2.38. The van der Waals surface area contributed by atoms with E-state index in [0.29, 0.717) is 0 Å². The van der Waals surface area contributed by atoms with Crippen LogP contribution in [0.3, 0.4) is 0 Å². The standard InChI is InChI=1S/C33H47N3O8Si/c1-19(2)17-26(33(43)44-9)35-29(39)25(18-28(37)38)34-30(40)27(15-12-16-45(20(3)4,21(5)6)22(7)8)36-31(41)23-13-10-11-14-24(23)32(36)42/h10-11,13-14,19-22,25-27H,15,17-18H2,1-9H3,(H,34,40)(H,35,39)(H,37,38)/t25-,26-,27-/m0/s1. The second-order valence-electron chi connectivity index (χ2n) is 12.8. The summed E-state index contributed by atoms with van der Waals surface area (Å²) in [5.74, 6) is -2.17. The highest BCUT2D eigenvalue weighted by molar-refractivity contribution is 6.90. The topological polar surface area (TPSA) is 159 Å². The lowest BCUT2D eigenvalue weighted by atomic mass is 10.0. The van der Waals surface area contributed by atoms with Gasteiger partial charge in [-0.3, -0.25) is 28.9 Å². The number of benzene rings is 1. The number of amides is 4. The lowest BCUT2D eigenvalue weighted by molar-refractivity contribution is -0.146. The van der Waals surface area contributed by atoms with Gasteiger partial charge in [0.1, 0.15) is 26.2 Å². The molecule has 0 bridgehead atoms. The first-order valence-corrected chi connectivity index (χ1v) is 17.6. The fraction of sp³-hybridized carbons (Fsp3) is 0.576. The number of nitrogens with one attached hydrogen (secondary N) is 2. The summed E-state index contributed by atoms with van der Waals surface area (Å²) >= 11 is 0. The summed E-state index contributed by atoms with van der Waals surface area (Å²) < 4.78 is 4.79. The molecule has 3 N–H and O–H groups in total. The zero-order valence-corrected chi connectivity index (χ0v) is 28.7. The van der Waals surface area contributed by atoms with Crippen LogP contribution in [0.5, 0.6) is 0 Å². The van der Waals surface area contributed by atoms with Gasteiger partial charge >= 0.3 is 11.9 Å². The summed E-state index contributed by atoms with van der Waals surface area (Å²) in [6.07, 6.45) is -0.803. The highest BCUT2D eigenvalue weighted by Gasteiger charge is 2.45. The van der Waals surface area contributed by atoms with E-state index in [1.807, 2.05) is 13.8 Å². The molecule has 2 rings (SSSR count). The first-order chi connectivity index (χ1) is 21.0. The quantitative estimate of drug-likeness (QED) is 0.119. The predicted octanol–water partition coefficient (Wildman–Crippen LogP) is 3.93. The van der Waals surface area contributed by atoms with Crippen LogP contribution in [0, 0.1) is 17.4 Å². The Balaban J connectivity index is 2.53. The van der Waals surface area contributed by atoms with Crippen molar-refractivity contribution in [3.63, 3.8) is 0 Å². The van der Waals surface area contributed by atoms with Crippen molar-refractivity contribution < 1.29 is 38.6 Å². The molecule has 1 aliphatic rings. The average molecular weight is 642 g/mol. The van der Waals surface area contributed by atoms with Gasteiger partial charge in [-0.05, 0) is 41.1 Å². The molecule has 0 fully saturated rings. The van der Waals surface area contributed by atoms with E-state index in [1.165, 1.54) is 19.2 Å². The van der Waals surface area contributed by atoms with Crippen LogP contribution in [0.1, 0.15) is 95.4 Å². The number of nitrogens with zero attached hydrogens (tertiary/aromatic N) is 1. The maximum Gasteiger partial charge on any atom is 0.328 e. The van der Waals surface area contributed by atoms with Crippen LogP contribution in [-0.2, 0) is 23.9 Å². The first-order valence-electron chi connectivity index (χ1n) is 15.4. The predicted molar refractivity (Wildman–Crippen MR) is 172 cm³/mol. The fourth-order valence-corrected chi connectivity index (χ4v) is 11.6. The largest absolute Gasteiger partial charge is 0.481 e. The molecule has 1 aromatic carbocycles. The summed E-state index contributed by atoms with van der Waals surface area (Å²) in [5.41, 5.74) is 4.63. The number of carbonyl (C=O) groups is 6. The smallest absolute Gasteiger partial charge is 0.328 e. The second kappa shape index (κ2) is 15.8. The van der Waals surface area contributed by atoms with E-state index >= 15 is 0 Å². The van der Waals surface area contributed by atoms with Gasteiger partial charge in [0.2, 0.25) is 11.8 Å². The SMILES string of the molecule is COC(=O)[C@H](CC(C)C)NC(=O)[C@H](CC(=O)O)NC(=O)[C@H](CC#C[Si](C(C)C)(C(C)C)C(C)C)N1C(=O)c2ccccc2C1=O. The Morgan fingerprint density at radius 3 is 1.76 bits per heavy atom. The molecule has 1 aromatic rings. The highest BCUT2D eigenvalue weighted by Crippen LogP contribution is 2.40. The maximum absolute atomic E-state index is 13.9. The van der Waals surface area contributed by atoms with E-state index in [0.717, 1.165) is 4.90 Å². The molecule has 45 heavy (non-hydrogen) atoms. The molecule has 1 heterocycles. The summed E-state index contributed by atoms with van der Waals surface area (Å²) in [4.78, 5) is 79.0. The molecule has 0 aliphatic carbocycles. The molecule has 0 spiro atoms. The van der Waals surface area contributed by atoms with Crippen molar-refractivity contribution in [1.29, 1.82) is 0 Å². The van der Waals surface area contributed by atoms with E-state index < -0.39 is 68.2 Å². The van der Waals surface area contributed by atoms with Gasteiger partial charge in [0.15, 0.2) is 0 Å². The van der Waals surface area contributed by atoms with Crippen molar-refractivity contribution in [2.75, 3.05) is 7.11 Å². The van der Waals surface area contributed by atoms with Crippen LogP contribution in [0.2, 0.25) is 16.6 Å². The van der Waals surface area contributed by atoms with E-state index in [9.17, 15) is 33.9 Å². The Bertz CT molecular complexity index is 1300. The summed E-state index contributed by atoms with van der Waals surface area (Å²) in [5, 5.41) is 14.5. The molecule has 1 aliphatic heterocycles. The molecule has 246 valence electrons.